The van der Waals surface area contributed by atoms with Gasteiger partial charge in [-0.3, -0.25) is 0 Å². The Hall–Kier alpha value is -0.340. The van der Waals surface area contributed by atoms with E-state index in [1.165, 1.54) is 5.57 Å². The quantitative estimate of drug-likeness (QED) is 0.681. The average Bonchev–Trinajstić information content (AvgIpc) is 2.18. The summed E-state index contributed by atoms with van der Waals surface area (Å²) >= 11 is 0. The number of methoxy groups -OCH3 is 1. The molecule has 0 bridgehead atoms. The maximum Gasteiger partial charge on any atom is 0.0911 e. The van der Waals surface area contributed by atoms with Crippen molar-refractivity contribution in [3.63, 3.8) is 0 Å². The maximum absolute atomic E-state index is 9.26. The van der Waals surface area contributed by atoms with E-state index in [2.05, 4.69) is 13.0 Å². The summed E-state index contributed by atoms with van der Waals surface area (Å²) in [6.07, 6.45) is 5.58. The third-order valence-electron chi connectivity index (χ3n) is 3.28. The Labute approximate surface area is 80.6 Å². The van der Waals surface area contributed by atoms with Gasteiger partial charge in [-0.2, -0.15) is 0 Å². The third kappa shape index (κ3) is 2.32. The first-order chi connectivity index (χ1) is 6.12. The van der Waals surface area contributed by atoms with Crippen LogP contribution in [0.3, 0.4) is 0 Å². The number of ether oxygens (including phenoxy) is 1. The van der Waals surface area contributed by atoms with E-state index in [1.807, 2.05) is 6.92 Å². The van der Waals surface area contributed by atoms with Crippen molar-refractivity contribution < 1.29 is 9.84 Å². The molecule has 1 rings (SSSR count). The molecule has 0 heterocycles. The summed E-state index contributed by atoms with van der Waals surface area (Å²) in [5, 5.41) is 9.26. The Morgan fingerprint density at radius 1 is 1.69 bits per heavy atom. The van der Waals surface area contributed by atoms with Gasteiger partial charge in [-0.25, -0.2) is 0 Å². The van der Waals surface area contributed by atoms with E-state index in [1.54, 1.807) is 7.11 Å². The maximum atomic E-state index is 9.26. The summed E-state index contributed by atoms with van der Waals surface area (Å²) < 4.78 is 5.38. The molecule has 1 aliphatic carbocycles. The van der Waals surface area contributed by atoms with Crippen molar-refractivity contribution in [3.05, 3.63) is 11.6 Å². The van der Waals surface area contributed by atoms with Gasteiger partial charge < -0.3 is 9.84 Å². The Balaban J connectivity index is 2.62. The molecule has 76 valence electrons. The number of aliphatic hydroxyl groups excluding tert-OH is 1. The molecular weight excluding hydrogens is 164 g/mol. The van der Waals surface area contributed by atoms with Crippen LogP contribution in [0.15, 0.2) is 11.6 Å². The second kappa shape index (κ2) is 4.25. The summed E-state index contributed by atoms with van der Waals surface area (Å²) in [6.45, 7) is 4.27. The topological polar surface area (TPSA) is 29.5 Å². The number of allylic oxidation sites excluding steroid dienone is 2. The molecule has 0 spiro atoms. The van der Waals surface area contributed by atoms with Crippen molar-refractivity contribution in [1.29, 1.82) is 0 Å². The van der Waals surface area contributed by atoms with E-state index < -0.39 is 0 Å². The van der Waals surface area contributed by atoms with E-state index >= 15 is 0 Å². The second-order valence-electron chi connectivity index (χ2n) is 4.20. The van der Waals surface area contributed by atoms with Crippen LogP contribution in [0.4, 0.5) is 0 Å². The minimum Gasteiger partial charge on any atom is -0.393 e. The largest absolute Gasteiger partial charge is 0.393 e. The van der Waals surface area contributed by atoms with Crippen molar-refractivity contribution in [1.82, 2.24) is 0 Å². The van der Waals surface area contributed by atoms with Crippen LogP contribution in [0, 0.1) is 5.92 Å². The Kier molecular flexibility index (Phi) is 3.51. The summed E-state index contributed by atoms with van der Waals surface area (Å²) in [5.41, 5.74) is 1.12. The highest BCUT2D eigenvalue weighted by Gasteiger charge is 2.33. The molecule has 0 fully saturated rings. The third-order valence-corrected chi connectivity index (χ3v) is 3.28. The van der Waals surface area contributed by atoms with Crippen LogP contribution < -0.4 is 0 Å². The summed E-state index contributed by atoms with van der Waals surface area (Å²) in [6, 6.07) is 0. The molecule has 1 N–H and O–H groups in total. The molecule has 1 aliphatic rings. The van der Waals surface area contributed by atoms with Gasteiger partial charge in [-0.15, -0.1) is 0 Å². The normalized spacial score (nSPS) is 28.0. The average molecular weight is 184 g/mol. The highest BCUT2D eigenvalue weighted by Crippen LogP contribution is 2.33. The molecule has 0 amide bonds. The van der Waals surface area contributed by atoms with E-state index in [9.17, 15) is 5.11 Å². The van der Waals surface area contributed by atoms with Crippen LogP contribution in [0.2, 0.25) is 0 Å². The van der Waals surface area contributed by atoms with Crippen LogP contribution in [0.25, 0.3) is 0 Å². The fraction of sp³-hybridized carbons (Fsp3) is 0.818. The number of rotatable bonds is 3. The zero-order chi connectivity index (χ0) is 9.90. The van der Waals surface area contributed by atoms with Gasteiger partial charge in [0.25, 0.3) is 0 Å². The standard InChI is InChI=1S/C11H20O2/c1-9-4-6-10(7-5-9)11(2,8-12)13-3/h4,10,12H,5-8H2,1-3H3. The predicted molar refractivity (Wildman–Crippen MR) is 53.6 cm³/mol. The van der Waals surface area contributed by atoms with Gasteiger partial charge in [0.2, 0.25) is 0 Å². The smallest absolute Gasteiger partial charge is 0.0911 e. The van der Waals surface area contributed by atoms with Crippen LogP contribution in [-0.2, 0) is 4.74 Å². The second-order valence-corrected chi connectivity index (χ2v) is 4.20. The van der Waals surface area contributed by atoms with Gasteiger partial charge in [0.1, 0.15) is 0 Å². The van der Waals surface area contributed by atoms with Gasteiger partial charge in [0.15, 0.2) is 0 Å². The Bertz CT molecular complexity index is 192. The molecule has 2 unspecified atom stereocenters. The molecule has 0 aromatic carbocycles. The first kappa shape index (κ1) is 10.7. The highest BCUT2D eigenvalue weighted by molar-refractivity contribution is 5.05. The molecule has 0 saturated carbocycles. The summed E-state index contributed by atoms with van der Waals surface area (Å²) in [4.78, 5) is 0. The van der Waals surface area contributed by atoms with Crippen molar-refractivity contribution in [3.8, 4) is 0 Å². The zero-order valence-corrected chi connectivity index (χ0v) is 8.84. The van der Waals surface area contributed by atoms with Gasteiger partial charge in [0.05, 0.1) is 12.2 Å². The van der Waals surface area contributed by atoms with E-state index in [4.69, 9.17) is 4.74 Å². The molecule has 13 heavy (non-hydrogen) atoms. The fourth-order valence-electron chi connectivity index (χ4n) is 1.88. The SMILES string of the molecule is COC(C)(CO)C1CC=C(C)CC1. The lowest BCUT2D eigenvalue weighted by atomic mass is 9.79. The molecule has 0 radical (unpaired) electrons. The monoisotopic (exact) mass is 184 g/mol. The van der Waals surface area contributed by atoms with Gasteiger partial charge in [-0.1, -0.05) is 11.6 Å². The molecule has 2 nitrogen and oxygen atoms in total. The van der Waals surface area contributed by atoms with E-state index in [0.717, 1.165) is 19.3 Å². The van der Waals surface area contributed by atoms with Gasteiger partial charge in [0, 0.05) is 7.11 Å². The lowest BCUT2D eigenvalue weighted by molar-refractivity contribution is -0.0821. The lowest BCUT2D eigenvalue weighted by Crippen LogP contribution is -2.41. The molecule has 0 saturated heterocycles. The van der Waals surface area contributed by atoms with Crippen LogP contribution >= 0.6 is 0 Å². The highest BCUT2D eigenvalue weighted by atomic mass is 16.5. The lowest BCUT2D eigenvalue weighted by Gasteiger charge is -2.36. The minimum absolute atomic E-state index is 0.112. The number of hydrogen-bond acceptors (Lipinski definition) is 2. The van der Waals surface area contributed by atoms with Crippen LogP contribution in [0.5, 0.6) is 0 Å². The predicted octanol–water partition coefficient (Wildman–Crippen LogP) is 2.13. The van der Waals surface area contributed by atoms with Crippen LogP contribution in [-0.4, -0.2) is 24.4 Å². The fourth-order valence-corrected chi connectivity index (χ4v) is 1.88. The Morgan fingerprint density at radius 2 is 2.38 bits per heavy atom. The Morgan fingerprint density at radius 3 is 2.77 bits per heavy atom. The first-order valence-electron chi connectivity index (χ1n) is 4.94. The number of hydrogen-bond donors (Lipinski definition) is 1. The summed E-state index contributed by atoms with van der Waals surface area (Å²) in [7, 11) is 1.68. The number of aliphatic hydroxyl groups is 1. The molecule has 2 heteroatoms. The van der Waals surface area contributed by atoms with Crippen molar-refractivity contribution >= 4 is 0 Å². The van der Waals surface area contributed by atoms with Crippen molar-refractivity contribution in [2.45, 2.75) is 38.7 Å². The van der Waals surface area contributed by atoms with Crippen LogP contribution in [0.1, 0.15) is 33.1 Å². The molecular formula is C11H20O2. The first-order valence-corrected chi connectivity index (χ1v) is 4.94. The molecule has 0 aromatic rings. The van der Waals surface area contributed by atoms with Gasteiger partial charge >= 0.3 is 0 Å². The molecule has 2 atom stereocenters. The summed E-state index contributed by atoms with van der Waals surface area (Å²) in [5.74, 6) is 0.464. The minimum atomic E-state index is -0.350. The van der Waals surface area contributed by atoms with E-state index in [0.29, 0.717) is 5.92 Å². The van der Waals surface area contributed by atoms with E-state index in [-0.39, 0.29) is 12.2 Å². The zero-order valence-electron chi connectivity index (χ0n) is 8.84. The van der Waals surface area contributed by atoms with Crippen molar-refractivity contribution in [2.24, 2.45) is 5.92 Å². The van der Waals surface area contributed by atoms with Crippen molar-refractivity contribution in [2.75, 3.05) is 13.7 Å². The molecule has 0 aliphatic heterocycles. The molecule has 0 aromatic heterocycles. The van der Waals surface area contributed by atoms with Gasteiger partial charge in [-0.05, 0) is 39.0 Å².